The van der Waals surface area contributed by atoms with Crippen LogP contribution in [0.5, 0.6) is 0 Å². The van der Waals surface area contributed by atoms with E-state index in [4.69, 9.17) is 4.42 Å². The van der Waals surface area contributed by atoms with Crippen molar-refractivity contribution >= 4 is 21.9 Å². The fourth-order valence-electron chi connectivity index (χ4n) is 2.42. The second-order valence-electron chi connectivity index (χ2n) is 4.45. The van der Waals surface area contributed by atoms with E-state index < -0.39 is 0 Å². The number of para-hydroxylation sites is 1. The third-order valence-corrected chi connectivity index (χ3v) is 3.31. The maximum Gasteiger partial charge on any atom is 0.143 e. The SMILES string of the molecule is [c]1cc(-c2cccnc2)c2oc3ccccc3c2c1. The Morgan fingerprint density at radius 3 is 2.79 bits per heavy atom. The average Bonchev–Trinajstić information content (AvgIpc) is 2.87. The highest BCUT2D eigenvalue weighted by molar-refractivity contribution is 6.09. The van der Waals surface area contributed by atoms with E-state index in [0.29, 0.717) is 0 Å². The number of rotatable bonds is 1. The number of hydrogen-bond donors (Lipinski definition) is 0. The van der Waals surface area contributed by atoms with E-state index >= 15 is 0 Å². The fraction of sp³-hybridized carbons (Fsp3) is 0. The van der Waals surface area contributed by atoms with Crippen LogP contribution in [0.1, 0.15) is 0 Å². The standard InChI is InChI=1S/C17H10NO/c1-2-9-16-14(6-1)15-8-3-7-13(17(15)19-16)12-5-4-10-18-11-12/h1-2,4-11H. The average molecular weight is 244 g/mol. The Balaban J connectivity index is 2.13. The summed E-state index contributed by atoms with van der Waals surface area (Å²) in [5.74, 6) is 0. The number of fused-ring (bicyclic) bond motifs is 3. The van der Waals surface area contributed by atoms with Crippen molar-refractivity contribution < 1.29 is 4.42 Å². The van der Waals surface area contributed by atoms with Gasteiger partial charge in [-0.05, 0) is 30.3 Å². The van der Waals surface area contributed by atoms with E-state index in [1.165, 1.54) is 0 Å². The summed E-state index contributed by atoms with van der Waals surface area (Å²) in [6.45, 7) is 0. The summed E-state index contributed by atoms with van der Waals surface area (Å²) in [4.78, 5) is 4.17. The topological polar surface area (TPSA) is 26.0 Å². The van der Waals surface area contributed by atoms with E-state index in [9.17, 15) is 0 Å². The Kier molecular flexibility index (Phi) is 2.15. The Hall–Kier alpha value is -2.61. The molecule has 0 atom stereocenters. The summed E-state index contributed by atoms with van der Waals surface area (Å²) in [5, 5.41) is 2.22. The monoisotopic (exact) mass is 244 g/mol. The van der Waals surface area contributed by atoms with E-state index in [0.717, 1.165) is 33.1 Å². The Bertz CT molecular complexity index is 862. The molecule has 2 aromatic heterocycles. The van der Waals surface area contributed by atoms with Crippen LogP contribution in [0.2, 0.25) is 0 Å². The summed E-state index contributed by atoms with van der Waals surface area (Å²) in [6.07, 6.45) is 3.61. The number of aromatic nitrogens is 1. The smallest absolute Gasteiger partial charge is 0.143 e. The second kappa shape index (κ2) is 3.95. The van der Waals surface area contributed by atoms with Gasteiger partial charge in [-0.3, -0.25) is 4.98 Å². The van der Waals surface area contributed by atoms with Crippen LogP contribution < -0.4 is 0 Å². The zero-order valence-corrected chi connectivity index (χ0v) is 10.1. The first-order valence-corrected chi connectivity index (χ1v) is 6.15. The van der Waals surface area contributed by atoms with Gasteiger partial charge in [0.15, 0.2) is 0 Å². The molecule has 89 valence electrons. The molecule has 19 heavy (non-hydrogen) atoms. The lowest BCUT2D eigenvalue weighted by atomic mass is 10.0. The van der Waals surface area contributed by atoms with Gasteiger partial charge < -0.3 is 4.42 Å². The van der Waals surface area contributed by atoms with Crippen molar-refractivity contribution in [2.45, 2.75) is 0 Å². The number of hydrogen-bond acceptors (Lipinski definition) is 2. The predicted octanol–water partition coefficient (Wildman–Crippen LogP) is 4.45. The molecule has 2 heteroatoms. The van der Waals surface area contributed by atoms with E-state index in [-0.39, 0.29) is 0 Å². The van der Waals surface area contributed by atoms with Crippen molar-refractivity contribution in [3.63, 3.8) is 0 Å². The molecule has 0 N–H and O–H groups in total. The van der Waals surface area contributed by atoms with Crippen molar-refractivity contribution in [2.75, 3.05) is 0 Å². The Morgan fingerprint density at radius 1 is 0.947 bits per heavy atom. The molecular formula is C17H10NO. The van der Waals surface area contributed by atoms with Crippen LogP contribution >= 0.6 is 0 Å². The van der Waals surface area contributed by atoms with Crippen LogP contribution in [0.25, 0.3) is 33.1 Å². The number of nitrogens with zero attached hydrogens (tertiary/aromatic N) is 1. The molecule has 0 aliphatic rings. The van der Waals surface area contributed by atoms with Crippen LogP contribution in [0.3, 0.4) is 0 Å². The highest BCUT2D eigenvalue weighted by atomic mass is 16.3. The van der Waals surface area contributed by atoms with Crippen LogP contribution in [-0.4, -0.2) is 4.98 Å². The molecule has 0 saturated heterocycles. The molecule has 1 radical (unpaired) electrons. The summed E-state index contributed by atoms with van der Waals surface area (Å²) in [7, 11) is 0. The summed E-state index contributed by atoms with van der Waals surface area (Å²) < 4.78 is 5.99. The highest BCUT2D eigenvalue weighted by Crippen LogP contribution is 2.34. The lowest BCUT2D eigenvalue weighted by Crippen LogP contribution is -1.79. The molecule has 0 fully saturated rings. The largest absolute Gasteiger partial charge is 0.455 e. The maximum absolute atomic E-state index is 5.99. The van der Waals surface area contributed by atoms with Gasteiger partial charge in [0.05, 0.1) is 0 Å². The molecule has 0 bridgehead atoms. The van der Waals surface area contributed by atoms with Crippen molar-refractivity contribution in [1.29, 1.82) is 0 Å². The molecule has 2 heterocycles. The van der Waals surface area contributed by atoms with Crippen LogP contribution in [0, 0.1) is 6.07 Å². The van der Waals surface area contributed by atoms with Gasteiger partial charge in [0.1, 0.15) is 11.2 Å². The number of pyridine rings is 1. The fourth-order valence-corrected chi connectivity index (χ4v) is 2.42. The minimum Gasteiger partial charge on any atom is -0.455 e. The second-order valence-corrected chi connectivity index (χ2v) is 4.45. The molecule has 2 aromatic carbocycles. The molecule has 4 aromatic rings. The van der Waals surface area contributed by atoms with Gasteiger partial charge >= 0.3 is 0 Å². The van der Waals surface area contributed by atoms with Gasteiger partial charge in [-0.15, -0.1) is 0 Å². The molecular weight excluding hydrogens is 234 g/mol. The molecule has 0 spiro atoms. The first-order valence-electron chi connectivity index (χ1n) is 6.15. The minimum absolute atomic E-state index is 0.896. The summed E-state index contributed by atoms with van der Waals surface area (Å²) in [5.41, 5.74) is 3.88. The lowest BCUT2D eigenvalue weighted by molar-refractivity contribution is 0.670. The van der Waals surface area contributed by atoms with Gasteiger partial charge in [-0.25, -0.2) is 0 Å². The number of furan rings is 1. The first-order chi connectivity index (χ1) is 9.43. The maximum atomic E-state index is 5.99. The van der Waals surface area contributed by atoms with Gasteiger partial charge in [-0.2, -0.15) is 0 Å². The van der Waals surface area contributed by atoms with Crippen molar-refractivity contribution in [3.8, 4) is 11.1 Å². The van der Waals surface area contributed by atoms with Crippen molar-refractivity contribution in [3.05, 3.63) is 67.0 Å². The summed E-state index contributed by atoms with van der Waals surface area (Å²) >= 11 is 0. The first kappa shape index (κ1) is 10.3. The molecule has 2 nitrogen and oxygen atoms in total. The van der Waals surface area contributed by atoms with E-state index in [2.05, 4.69) is 17.1 Å². The number of benzene rings is 2. The zero-order chi connectivity index (χ0) is 12.7. The van der Waals surface area contributed by atoms with E-state index in [1.54, 1.807) is 6.20 Å². The van der Waals surface area contributed by atoms with Crippen molar-refractivity contribution in [2.24, 2.45) is 0 Å². The molecule has 0 saturated carbocycles. The third kappa shape index (κ3) is 1.54. The zero-order valence-electron chi connectivity index (χ0n) is 10.1. The Morgan fingerprint density at radius 2 is 1.89 bits per heavy atom. The molecule has 0 aliphatic heterocycles. The highest BCUT2D eigenvalue weighted by Gasteiger charge is 2.11. The molecule has 4 rings (SSSR count). The van der Waals surface area contributed by atoms with Gasteiger partial charge in [-0.1, -0.05) is 24.3 Å². The predicted molar refractivity (Wildman–Crippen MR) is 75.8 cm³/mol. The van der Waals surface area contributed by atoms with E-state index in [1.807, 2.05) is 48.7 Å². The molecule has 0 aliphatic carbocycles. The van der Waals surface area contributed by atoms with Gasteiger partial charge in [0, 0.05) is 34.3 Å². The van der Waals surface area contributed by atoms with Gasteiger partial charge in [0.2, 0.25) is 0 Å². The minimum atomic E-state index is 0.896. The van der Waals surface area contributed by atoms with Crippen molar-refractivity contribution in [1.82, 2.24) is 4.98 Å². The normalized spacial score (nSPS) is 11.2. The quantitative estimate of drug-likeness (QED) is 0.494. The molecule has 0 unspecified atom stereocenters. The lowest BCUT2D eigenvalue weighted by Gasteiger charge is -2.00. The van der Waals surface area contributed by atoms with Crippen LogP contribution in [0.4, 0.5) is 0 Å². The van der Waals surface area contributed by atoms with Crippen LogP contribution in [-0.2, 0) is 0 Å². The summed E-state index contributed by atoms with van der Waals surface area (Å²) in [6, 6.07) is 19.1. The third-order valence-electron chi connectivity index (χ3n) is 3.31. The van der Waals surface area contributed by atoms with Crippen LogP contribution in [0.15, 0.2) is 65.3 Å². The Labute approximate surface area is 110 Å². The molecule has 0 amide bonds. The van der Waals surface area contributed by atoms with Gasteiger partial charge in [0.25, 0.3) is 0 Å².